The van der Waals surface area contributed by atoms with Gasteiger partial charge in [-0.15, -0.1) is 0 Å². The molecule has 15 heavy (non-hydrogen) atoms. The van der Waals surface area contributed by atoms with Gasteiger partial charge in [-0.2, -0.15) is 0 Å². The number of aliphatic hydroxyl groups excluding tert-OH is 1. The molecule has 5 nitrogen and oxygen atoms in total. The normalized spacial score (nSPS) is 36.3. The Morgan fingerprint density at radius 3 is 3.00 bits per heavy atom. The summed E-state index contributed by atoms with van der Waals surface area (Å²) in [5.41, 5.74) is 0. The molecule has 1 fully saturated rings. The van der Waals surface area contributed by atoms with Crippen molar-refractivity contribution in [3.05, 3.63) is 0 Å². The first kappa shape index (κ1) is 10.6. The van der Waals surface area contributed by atoms with Crippen LogP contribution < -0.4 is 10.6 Å². The topological polar surface area (TPSA) is 73.7 Å². The lowest BCUT2D eigenvalue weighted by Gasteiger charge is -2.21. The summed E-state index contributed by atoms with van der Waals surface area (Å²) in [5, 5.41) is 15.5. The van der Waals surface area contributed by atoms with Crippen molar-refractivity contribution in [2.45, 2.75) is 50.5 Å². The summed E-state index contributed by atoms with van der Waals surface area (Å²) >= 11 is 0. The maximum absolute atomic E-state index is 10.9. The van der Waals surface area contributed by atoms with Crippen LogP contribution >= 0.6 is 0 Å². The van der Waals surface area contributed by atoms with Gasteiger partial charge in [0.25, 0.3) is 5.91 Å². The Bertz CT molecular complexity index is 267. The van der Waals surface area contributed by atoms with Crippen LogP contribution in [0.5, 0.6) is 0 Å². The summed E-state index contributed by atoms with van der Waals surface area (Å²) in [5.74, 6) is -0.151. The van der Waals surface area contributed by atoms with E-state index < -0.39 is 0 Å². The minimum atomic E-state index is -0.298. The van der Waals surface area contributed by atoms with Gasteiger partial charge in [0.15, 0.2) is 6.29 Å². The van der Waals surface area contributed by atoms with Crippen LogP contribution in [0.3, 0.4) is 0 Å². The van der Waals surface area contributed by atoms with E-state index in [0.29, 0.717) is 0 Å². The average Bonchev–Trinajstić information content (AvgIpc) is 2.46. The van der Waals surface area contributed by atoms with Gasteiger partial charge in [0, 0.05) is 6.04 Å². The first-order chi connectivity index (χ1) is 7.24. The summed E-state index contributed by atoms with van der Waals surface area (Å²) in [6.45, 7) is 0. The predicted molar refractivity (Wildman–Crippen MR) is 56.4 cm³/mol. The molecule has 0 aromatic rings. The molecule has 3 N–H and O–H groups in total. The lowest BCUT2D eigenvalue weighted by Crippen LogP contribution is -2.45. The molecule has 0 aromatic carbocycles. The summed E-state index contributed by atoms with van der Waals surface area (Å²) in [7, 11) is 0. The number of hydrogen-bond donors (Lipinski definition) is 3. The van der Waals surface area contributed by atoms with E-state index in [1.54, 1.807) is 0 Å². The van der Waals surface area contributed by atoms with Crippen LogP contribution in [0.2, 0.25) is 0 Å². The predicted octanol–water partition coefficient (Wildman–Crippen LogP) is -0.246. The van der Waals surface area contributed by atoms with Crippen molar-refractivity contribution in [2.75, 3.05) is 0 Å². The highest BCUT2D eigenvalue weighted by Gasteiger charge is 2.23. The number of aliphatic hydroxyl groups is 1. The summed E-state index contributed by atoms with van der Waals surface area (Å²) < 4.78 is 0. The molecule has 2 rings (SSSR count). The molecule has 5 heteroatoms. The quantitative estimate of drug-likeness (QED) is 0.552. The van der Waals surface area contributed by atoms with Gasteiger partial charge < -0.3 is 10.4 Å². The fourth-order valence-corrected chi connectivity index (χ4v) is 2.15. The zero-order valence-corrected chi connectivity index (χ0v) is 8.65. The molecule has 1 heterocycles. The number of nitrogens with zero attached hydrogens (tertiary/aromatic N) is 1. The minimum absolute atomic E-state index is 0.151. The molecule has 1 unspecified atom stereocenters. The number of rotatable bonds is 2. The van der Waals surface area contributed by atoms with Crippen molar-refractivity contribution in [3.8, 4) is 0 Å². The smallest absolute Gasteiger partial charge is 0.264 e. The van der Waals surface area contributed by atoms with Gasteiger partial charge in [-0.3, -0.25) is 10.1 Å². The number of aliphatic imine (C=N–C) groups is 1. The molecule has 3 atom stereocenters. The van der Waals surface area contributed by atoms with Crippen LogP contribution in [-0.4, -0.2) is 35.7 Å². The maximum Gasteiger partial charge on any atom is 0.264 e. The first-order valence-corrected chi connectivity index (χ1v) is 5.52. The molecule has 1 aliphatic heterocycles. The van der Waals surface area contributed by atoms with Gasteiger partial charge >= 0.3 is 0 Å². The van der Waals surface area contributed by atoms with E-state index in [9.17, 15) is 9.90 Å². The second-order valence-corrected chi connectivity index (χ2v) is 4.23. The maximum atomic E-state index is 10.9. The molecular weight excluding hydrogens is 194 g/mol. The van der Waals surface area contributed by atoms with Crippen LogP contribution in [0.1, 0.15) is 32.1 Å². The van der Waals surface area contributed by atoms with E-state index in [2.05, 4.69) is 15.6 Å². The Balaban J connectivity index is 1.82. The zero-order valence-electron chi connectivity index (χ0n) is 8.65. The molecule has 1 amide bonds. The third kappa shape index (κ3) is 3.00. The van der Waals surface area contributed by atoms with Crippen molar-refractivity contribution in [1.29, 1.82) is 0 Å². The average molecular weight is 211 g/mol. The molecule has 0 saturated heterocycles. The van der Waals surface area contributed by atoms with E-state index in [0.717, 1.165) is 32.1 Å². The minimum Gasteiger partial charge on any atom is -0.393 e. The summed E-state index contributed by atoms with van der Waals surface area (Å²) in [6.07, 6.45) is 5.67. The monoisotopic (exact) mass is 211 g/mol. The van der Waals surface area contributed by atoms with Crippen molar-refractivity contribution in [3.63, 3.8) is 0 Å². The Kier molecular flexibility index (Phi) is 3.33. The second kappa shape index (κ2) is 4.72. The van der Waals surface area contributed by atoms with E-state index in [1.807, 2.05) is 0 Å². The number of nitrogens with one attached hydrogen (secondary N) is 2. The molecule has 0 spiro atoms. The van der Waals surface area contributed by atoms with Gasteiger partial charge in [-0.1, -0.05) is 12.8 Å². The van der Waals surface area contributed by atoms with Crippen LogP contribution in [0.4, 0.5) is 0 Å². The van der Waals surface area contributed by atoms with Crippen molar-refractivity contribution < 1.29 is 9.90 Å². The summed E-state index contributed by atoms with van der Waals surface area (Å²) in [4.78, 5) is 14.9. The lowest BCUT2D eigenvalue weighted by molar-refractivity contribution is -0.114. The molecule has 0 radical (unpaired) electrons. The van der Waals surface area contributed by atoms with Crippen LogP contribution in [0.25, 0.3) is 0 Å². The van der Waals surface area contributed by atoms with Crippen molar-refractivity contribution in [1.82, 2.24) is 10.6 Å². The molecule has 0 bridgehead atoms. The summed E-state index contributed by atoms with van der Waals surface area (Å²) in [6, 6.07) is 0.253. The van der Waals surface area contributed by atoms with Crippen molar-refractivity contribution >= 4 is 12.1 Å². The molecule has 1 aliphatic carbocycles. The Morgan fingerprint density at radius 2 is 2.27 bits per heavy atom. The highest BCUT2D eigenvalue weighted by atomic mass is 16.3. The van der Waals surface area contributed by atoms with E-state index in [1.165, 1.54) is 6.21 Å². The fourth-order valence-electron chi connectivity index (χ4n) is 2.15. The van der Waals surface area contributed by atoms with E-state index in [-0.39, 0.29) is 24.3 Å². The fraction of sp³-hybridized carbons (Fsp3) is 0.800. The van der Waals surface area contributed by atoms with Gasteiger partial charge in [0.1, 0.15) is 0 Å². The Morgan fingerprint density at radius 1 is 1.47 bits per heavy atom. The molecule has 2 aliphatic rings. The molecule has 0 aromatic heterocycles. The SMILES string of the molecule is O=C1C=NC(N[C@H]2CCCC[C@H](O)C2)N1. The first-order valence-electron chi connectivity index (χ1n) is 5.52. The number of amides is 1. The second-order valence-electron chi connectivity index (χ2n) is 4.23. The van der Waals surface area contributed by atoms with Crippen LogP contribution in [0, 0.1) is 0 Å². The van der Waals surface area contributed by atoms with E-state index in [4.69, 9.17) is 0 Å². The Labute approximate surface area is 89.0 Å². The highest BCUT2D eigenvalue weighted by molar-refractivity contribution is 6.27. The van der Waals surface area contributed by atoms with E-state index >= 15 is 0 Å². The number of carbonyl (C=O) groups excluding carboxylic acids is 1. The van der Waals surface area contributed by atoms with Gasteiger partial charge in [-0.05, 0) is 19.3 Å². The third-order valence-electron chi connectivity index (χ3n) is 2.91. The lowest BCUT2D eigenvalue weighted by atomic mass is 10.1. The highest BCUT2D eigenvalue weighted by Crippen LogP contribution is 2.18. The molecule has 84 valence electrons. The van der Waals surface area contributed by atoms with Crippen molar-refractivity contribution in [2.24, 2.45) is 4.99 Å². The third-order valence-corrected chi connectivity index (χ3v) is 2.91. The van der Waals surface area contributed by atoms with Gasteiger partial charge in [0.2, 0.25) is 0 Å². The van der Waals surface area contributed by atoms with Gasteiger partial charge in [0.05, 0.1) is 12.3 Å². The van der Waals surface area contributed by atoms with Gasteiger partial charge in [-0.25, -0.2) is 4.99 Å². The molecule has 1 saturated carbocycles. The Hall–Kier alpha value is -0.940. The standard InChI is InChI=1S/C10H17N3O2/c14-8-4-2-1-3-7(5-8)12-10-11-6-9(15)13-10/h6-8,10,12,14H,1-5H2,(H,13,15)/t7-,8-,10?/m0/s1. The number of carbonyl (C=O) groups is 1. The zero-order chi connectivity index (χ0) is 10.7. The van der Waals surface area contributed by atoms with Crippen LogP contribution in [0.15, 0.2) is 4.99 Å². The molecular formula is C10H17N3O2. The number of hydrogen-bond acceptors (Lipinski definition) is 4. The largest absolute Gasteiger partial charge is 0.393 e. The van der Waals surface area contributed by atoms with Crippen LogP contribution in [-0.2, 0) is 4.79 Å².